The van der Waals surface area contributed by atoms with Crippen LogP contribution in [0.1, 0.15) is 43.8 Å². The second kappa shape index (κ2) is 6.17. The fourth-order valence-electron chi connectivity index (χ4n) is 2.24. The van der Waals surface area contributed by atoms with Crippen LogP contribution in [0.15, 0.2) is 38.8 Å². The maximum Gasteiger partial charge on any atom is 0.100 e. The molecular weight excluding hydrogens is 344 g/mol. The summed E-state index contributed by atoms with van der Waals surface area (Å²) in [5, 5.41) is 10.4. The predicted octanol–water partition coefficient (Wildman–Crippen LogP) is 5.14. The molecule has 0 saturated carbocycles. The van der Waals surface area contributed by atoms with Crippen molar-refractivity contribution < 1.29 is 5.11 Å². The molecule has 3 heteroatoms. The number of aliphatic hydroxyl groups is 1. The highest BCUT2D eigenvalue weighted by Crippen LogP contribution is 2.32. The summed E-state index contributed by atoms with van der Waals surface area (Å²) in [4.78, 5) is 0. The Morgan fingerprint density at radius 3 is 2.41 bits per heavy atom. The standard InChI is InChI=1S/C14H16Br2O/c15-12-7-11(8-13(16)9-12)14(17)10-5-3-1-2-4-6-10/h5,7-9,14,17H,1-4,6H2. The molecule has 0 amide bonds. The third-order valence-electron chi connectivity index (χ3n) is 3.13. The van der Waals surface area contributed by atoms with E-state index in [0.717, 1.165) is 27.4 Å². The molecule has 0 bridgehead atoms. The number of allylic oxidation sites excluding steroid dienone is 1. The van der Waals surface area contributed by atoms with Gasteiger partial charge in [-0.1, -0.05) is 44.4 Å². The van der Waals surface area contributed by atoms with Crippen molar-refractivity contribution in [2.45, 2.75) is 38.2 Å². The molecule has 17 heavy (non-hydrogen) atoms. The number of hydrogen-bond donors (Lipinski definition) is 1. The van der Waals surface area contributed by atoms with E-state index < -0.39 is 6.10 Å². The number of benzene rings is 1. The average molecular weight is 360 g/mol. The molecule has 0 spiro atoms. The molecule has 0 fully saturated rings. The van der Waals surface area contributed by atoms with E-state index in [2.05, 4.69) is 37.9 Å². The van der Waals surface area contributed by atoms with E-state index in [1.807, 2.05) is 18.2 Å². The molecule has 92 valence electrons. The zero-order valence-electron chi connectivity index (χ0n) is 9.63. The molecule has 0 aliphatic heterocycles. The minimum atomic E-state index is -0.457. The number of rotatable bonds is 2. The second-order valence-electron chi connectivity index (χ2n) is 4.48. The second-order valence-corrected chi connectivity index (χ2v) is 6.32. The summed E-state index contributed by atoms with van der Waals surface area (Å²) in [6, 6.07) is 5.96. The van der Waals surface area contributed by atoms with Crippen LogP contribution in [0.5, 0.6) is 0 Å². The summed E-state index contributed by atoms with van der Waals surface area (Å²) >= 11 is 6.92. The lowest BCUT2D eigenvalue weighted by atomic mass is 9.98. The number of halogens is 2. The Morgan fingerprint density at radius 2 is 1.71 bits per heavy atom. The average Bonchev–Trinajstić information content (AvgIpc) is 2.55. The molecule has 1 N–H and O–H groups in total. The van der Waals surface area contributed by atoms with Gasteiger partial charge in [0.05, 0.1) is 0 Å². The topological polar surface area (TPSA) is 20.2 Å². The zero-order chi connectivity index (χ0) is 12.3. The van der Waals surface area contributed by atoms with Crippen molar-refractivity contribution in [1.82, 2.24) is 0 Å². The van der Waals surface area contributed by atoms with Crippen LogP contribution < -0.4 is 0 Å². The number of aliphatic hydroxyl groups excluding tert-OH is 1. The van der Waals surface area contributed by atoms with Gasteiger partial charge in [0.1, 0.15) is 6.10 Å². The van der Waals surface area contributed by atoms with Gasteiger partial charge in [-0.15, -0.1) is 0 Å². The van der Waals surface area contributed by atoms with Gasteiger partial charge in [0.15, 0.2) is 0 Å². The maximum atomic E-state index is 10.4. The van der Waals surface area contributed by atoms with Crippen LogP contribution in [0.25, 0.3) is 0 Å². The highest BCUT2D eigenvalue weighted by molar-refractivity contribution is 9.11. The van der Waals surface area contributed by atoms with Gasteiger partial charge in [-0.3, -0.25) is 0 Å². The molecule has 1 aromatic carbocycles. The molecule has 1 unspecified atom stereocenters. The summed E-state index contributed by atoms with van der Waals surface area (Å²) in [6.45, 7) is 0. The van der Waals surface area contributed by atoms with Crippen LogP contribution in [0, 0.1) is 0 Å². The number of hydrogen-bond acceptors (Lipinski definition) is 1. The summed E-state index contributed by atoms with van der Waals surface area (Å²) in [6.07, 6.45) is 7.59. The zero-order valence-corrected chi connectivity index (χ0v) is 12.8. The van der Waals surface area contributed by atoms with Crippen molar-refractivity contribution in [3.8, 4) is 0 Å². The van der Waals surface area contributed by atoms with Crippen molar-refractivity contribution in [2.24, 2.45) is 0 Å². The van der Waals surface area contributed by atoms with E-state index in [1.54, 1.807) is 0 Å². The first-order valence-electron chi connectivity index (χ1n) is 6.00. The molecule has 0 radical (unpaired) electrons. The van der Waals surface area contributed by atoms with E-state index in [-0.39, 0.29) is 0 Å². The Kier molecular flexibility index (Phi) is 4.83. The lowest BCUT2D eigenvalue weighted by molar-refractivity contribution is 0.210. The molecule has 1 aliphatic rings. The largest absolute Gasteiger partial charge is 0.384 e. The molecule has 1 nitrogen and oxygen atoms in total. The molecule has 1 aliphatic carbocycles. The van der Waals surface area contributed by atoms with Crippen molar-refractivity contribution in [2.75, 3.05) is 0 Å². The van der Waals surface area contributed by atoms with Crippen LogP contribution in [0.3, 0.4) is 0 Å². The van der Waals surface area contributed by atoms with Crippen molar-refractivity contribution in [3.63, 3.8) is 0 Å². The molecule has 1 aromatic rings. The monoisotopic (exact) mass is 358 g/mol. The highest BCUT2D eigenvalue weighted by atomic mass is 79.9. The minimum Gasteiger partial charge on any atom is -0.384 e. The van der Waals surface area contributed by atoms with Crippen LogP contribution in [-0.2, 0) is 0 Å². The summed E-state index contributed by atoms with van der Waals surface area (Å²) < 4.78 is 1.99. The van der Waals surface area contributed by atoms with Gasteiger partial charge in [-0.25, -0.2) is 0 Å². The fraction of sp³-hybridized carbons (Fsp3) is 0.429. The summed E-state index contributed by atoms with van der Waals surface area (Å²) in [5.41, 5.74) is 2.13. The van der Waals surface area contributed by atoms with Crippen LogP contribution >= 0.6 is 31.9 Å². The molecule has 2 rings (SSSR count). The Hall–Kier alpha value is -0.120. The summed E-state index contributed by atoms with van der Waals surface area (Å²) in [5.74, 6) is 0. The van der Waals surface area contributed by atoms with Crippen molar-refractivity contribution >= 4 is 31.9 Å². The van der Waals surface area contributed by atoms with Gasteiger partial charge in [0, 0.05) is 8.95 Å². The first-order valence-corrected chi connectivity index (χ1v) is 7.58. The molecule has 0 aromatic heterocycles. The van der Waals surface area contributed by atoms with E-state index in [0.29, 0.717) is 0 Å². The Morgan fingerprint density at radius 1 is 1.00 bits per heavy atom. The molecule has 1 atom stereocenters. The molecular formula is C14H16Br2O. The van der Waals surface area contributed by atoms with E-state index >= 15 is 0 Å². The molecule has 0 saturated heterocycles. The van der Waals surface area contributed by atoms with Crippen LogP contribution in [0.4, 0.5) is 0 Å². The quantitative estimate of drug-likeness (QED) is 0.725. The van der Waals surface area contributed by atoms with Gasteiger partial charge in [0.2, 0.25) is 0 Å². The van der Waals surface area contributed by atoms with Crippen molar-refractivity contribution in [1.29, 1.82) is 0 Å². The van der Waals surface area contributed by atoms with Gasteiger partial charge in [0.25, 0.3) is 0 Å². The van der Waals surface area contributed by atoms with Crippen LogP contribution in [0.2, 0.25) is 0 Å². The normalized spacial score (nSPS) is 18.4. The first kappa shape index (κ1) is 13.3. The van der Waals surface area contributed by atoms with Gasteiger partial charge in [-0.05, 0) is 55.0 Å². The van der Waals surface area contributed by atoms with E-state index in [4.69, 9.17) is 0 Å². The SMILES string of the molecule is OC(C1=CCCCCC1)c1cc(Br)cc(Br)c1. The fourth-order valence-corrected chi connectivity index (χ4v) is 3.56. The van der Waals surface area contributed by atoms with Gasteiger partial charge in [-0.2, -0.15) is 0 Å². The molecule has 0 heterocycles. The van der Waals surface area contributed by atoms with E-state index in [9.17, 15) is 5.11 Å². The lowest BCUT2D eigenvalue weighted by Gasteiger charge is -2.15. The smallest absolute Gasteiger partial charge is 0.100 e. The van der Waals surface area contributed by atoms with Crippen LogP contribution in [-0.4, -0.2) is 5.11 Å². The Bertz CT molecular complexity index is 406. The highest BCUT2D eigenvalue weighted by Gasteiger charge is 2.15. The van der Waals surface area contributed by atoms with Gasteiger partial charge >= 0.3 is 0 Å². The predicted molar refractivity (Wildman–Crippen MR) is 78.0 cm³/mol. The Labute approximate surface area is 119 Å². The van der Waals surface area contributed by atoms with Gasteiger partial charge < -0.3 is 5.11 Å². The maximum absolute atomic E-state index is 10.4. The third-order valence-corrected chi connectivity index (χ3v) is 4.04. The van der Waals surface area contributed by atoms with E-state index in [1.165, 1.54) is 24.8 Å². The Balaban J connectivity index is 2.23. The first-order chi connectivity index (χ1) is 8.16. The minimum absolute atomic E-state index is 0.457. The van der Waals surface area contributed by atoms with Crippen molar-refractivity contribution in [3.05, 3.63) is 44.4 Å². The third kappa shape index (κ3) is 3.67. The lowest BCUT2D eigenvalue weighted by Crippen LogP contribution is -2.01. The summed E-state index contributed by atoms with van der Waals surface area (Å²) in [7, 11) is 0.